The molecule has 1 aromatic carbocycles. The van der Waals surface area contributed by atoms with Gasteiger partial charge in [0.15, 0.2) is 6.29 Å². The maximum atomic E-state index is 10.7. The van der Waals surface area contributed by atoms with Gasteiger partial charge in [0.25, 0.3) is 5.69 Å². The molecule has 0 spiro atoms. The Morgan fingerprint density at radius 3 is 2.80 bits per heavy atom. The summed E-state index contributed by atoms with van der Waals surface area (Å²) in [6, 6.07) is 4.72. The number of nitrogens with one attached hydrogen (secondary N) is 1. The van der Waals surface area contributed by atoms with Crippen molar-refractivity contribution in [1.82, 2.24) is 4.98 Å². The number of carbonyl (C=O) groups excluding carboxylic acids is 1. The van der Waals surface area contributed by atoms with Gasteiger partial charge in [-0.15, -0.1) is 0 Å². The Hall–Kier alpha value is -2.17. The molecule has 2 rings (SSSR count). The molecule has 15 heavy (non-hydrogen) atoms. The van der Waals surface area contributed by atoms with E-state index in [0.717, 1.165) is 5.56 Å². The van der Waals surface area contributed by atoms with Crippen molar-refractivity contribution >= 4 is 22.9 Å². The number of benzene rings is 1. The van der Waals surface area contributed by atoms with Crippen molar-refractivity contribution in [1.29, 1.82) is 0 Å². The second kappa shape index (κ2) is 3.20. The van der Waals surface area contributed by atoms with E-state index in [2.05, 4.69) is 4.98 Å². The van der Waals surface area contributed by atoms with Gasteiger partial charge in [-0.3, -0.25) is 14.9 Å². The van der Waals surface area contributed by atoms with Crippen LogP contribution in [0.4, 0.5) is 5.69 Å². The third-order valence-electron chi connectivity index (χ3n) is 2.33. The predicted octanol–water partition coefficient (Wildman–Crippen LogP) is 2.20. The number of non-ortho nitro benzene ring substituents is 1. The number of fused-ring (bicyclic) bond motifs is 1. The molecular weight excluding hydrogens is 196 g/mol. The zero-order valence-corrected chi connectivity index (χ0v) is 7.98. The molecule has 0 aliphatic heterocycles. The number of aromatic amines is 1. The monoisotopic (exact) mass is 204 g/mol. The Kier molecular flexibility index (Phi) is 2.00. The third kappa shape index (κ3) is 1.38. The van der Waals surface area contributed by atoms with E-state index in [4.69, 9.17) is 0 Å². The molecule has 2 aromatic rings. The summed E-state index contributed by atoms with van der Waals surface area (Å²) in [5.41, 5.74) is 1.65. The first kappa shape index (κ1) is 9.39. The van der Waals surface area contributed by atoms with E-state index in [-0.39, 0.29) is 5.69 Å². The van der Waals surface area contributed by atoms with Crippen molar-refractivity contribution in [2.45, 2.75) is 6.92 Å². The summed E-state index contributed by atoms with van der Waals surface area (Å²) in [5.74, 6) is 0. The third-order valence-corrected chi connectivity index (χ3v) is 2.33. The molecule has 0 aliphatic carbocycles. The summed E-state index contributed by atoms with van der Waals surface area (Å²) < 4.78 is 0. The molecule has 5 heteroatoms. The van der Waals surface area contributed by atoms with Gasteiger partial charge < -0.3 is 4.98 Å². The van der Waals surface area contributed by atoms with Crippen molar-refractivity contribution in [2.75, 3.05) is 0 Å². The normalized spacial score (nSPS) is 10.5. The van der Waals surface area contributed by atoms with Crippen LogP contribution in [0.15, 0.2) is 18.2 Å². The fourth-order valence-electron chi connectivity index (χ4n) is 1.58. The standard InChI is InChI=1S/C10H8N2O3/c1-6-2-3-9(12(14)15)10-8(6)4-7(5-13)11-10/h2-5,11H,1H3. The highest BCUT2D eigenvalue weighted by atomic mass is 16.6. The number of H-pyrrole nitrogens is 1. The average Bonchev–Trinajstić information content (AvgIpc) is 2.62. The predicted molar refractivity (Wildman–Crippen MR) is 55.1 cm³/mol. The molecule has 0 atom stereocenters. The Morgan fingerprint density at radius 1 is 1.47 bits per heavy atom. The van der Waals surface area contributed by atoms with E-state index >= 15 is 0 Å². The van der Waals surface area contributed by atoms with Gasteiger partial charge in [-0.1, -0.05) is 6.07 Å². The first-order valence-electron chi connectivity index (χ1n) is 4.35. The molecule has 0 saturated heterocycles. The molecule has 0 amide bonds. The van der Waals surface area contributed by atoms with Gasteiger partial charge in [0.2, 0.25) is 0 Å². The van der Waals surface area contributed by atoms with Gasteiger partial charge in [-0.2, -0.15) is 0 Å². The number of nitro benzene ring substituents is 1. The lowest BCUT2D eigenvalue weighted by atomic mass is 10.1. The van der Waals surface area contributed by atoms with E-state index in [0.29, 0.717) is 22.9 Å². The van der Waals surface area contributed by atoms with E-state index in [1.165, 1.54) is 6.07 Å². The minimum Gasteiger partial charge on any atom is -0.347 e. The van der Waals surface area contributed by atoms with Crippen LogP contribution in [-0.4, -0.2) is 16.2 Å². The number of nitrogens with zero attached hydrogens (tertiary/aromatic N) is 1. The van der Waals surface area contributed by atoms with E-state index in [1.54, 1.807) is 12.1 Å². The molecule has 0 saturated carbocycles. The van der Waals surface area contributed by atoms with Gasteiger partial charge in [0.05, 0.1) is 10.6 Å². The summed E-state index contributed by atoms with van der Waals surface area (Å²) in [6.45, 7) is 1.84. The van der Waals surface area contributed by atoms with Crippen LogP contribution in [0.3, 0.4) is 0 Å². The Labute approximate surface area is 84.9 Å². The molecule has 5 nitrogen and oxygen atoms in total. The zero-order valence-electron chi connectivity index (χ0n) is 7.98. The lowest BCUT2D eigenvalue weighted by molar-refractivity contribution is -0.383. The van der Waals surface area contributed by atoms with E-state index in [9.17, 15) is 14.9 Å². The number of nitro groups is 1. The fraction of sp³-hybridized carbons (Fsp3) is 0.100. The van der Waals surface area contributed by atoms with Crippen molar-refractivity contribution in [3.8, 4) is 0 Å². The van der Waals surface area contributed by atoms with Crippen molar-refractivity contribution in [3.05, 3.63) is 39.6 Å². The Bertz CT molecular complexity index is 557. The smallest absolute Gasteiger partial charge is 0.293 e. The summed E-state index contributed by atoms with van der Waals surface area (Å²) in [5, 5.41) is 11.4. The van der Waals surface area contributed by atoms with Crippen LogP contribution < -0.4 is 0 Å². The van der Waals surface area contributed by atoms with Crippen LogP contribution in [0, 0.1) is 17.0 Å². The number of aldehydes is 1. The number of hydrogen-bond acceptors (Lipinski definition) is 3. The van der Waals surface area contributed by atoms with Gasteiger partial charge in [0.1, 0.15) is 5.52 Å². The summed E-state index contributed by atoms with van der Waals surface area (Å²) in [4.78, 5) is 23.5. The average molecular weight is 204 g/mol. The molecule has 1 heterocycles. The highest BCUT2D eigenvalue weighted by molar-refractivity contribution is 5.95. The molecule has 0 bridgehead atoms. The zero-order chi connectivity index (χ0) is 11.0. The molecule has 1 aromatic heterocycles. The highest BCUT2D eigenvalue weighted by Gasteiger charge is 2.15. The van der Waals surface area contributed by atoms with Crippen molar-refractivity contribution < 1.29 is 9.72 Å². The second-order valence-electron chi connectivity index (χ2n) is 3.29. The van der Waals surface area contributed by atoms with Crippen LogP contribution in [-0.2, 0) is 0 Å². The first-order chi connectivity index (χ1) is 7.13. The summed E-state index contributed by atoms with van der Waals surface area (Å²) >= 11 is 0. The highest BCUT2D eigenvalue weighted by Crippen LogP contribution is 2.27. The van der Waals surface area contributed by atoms with Gasteiger partial charge >= 0.3 is 0 Å². The fourth-order valence-corrected chi connectivity index (χ4v) is 1.58. The SMILES string of the molecule is Cc1ccc([N+](=O)[O-])c2[nH]c(C=O)cc12. The van der Waals surface area contributed by atoms with E-state index in [1.807, 2.05) is 6.92 Å². The van der Waals surface area contributed by atoms with E-state index < -0.39 is 4.92 Å². The van der Waals surface area contributed by atoms with Gasteiger partial charge in [-0.05, 0) is 18.6 Å². The molecule has 1 N–H and O–H groups in total. The van der Waals surface area contributed by atoms with Crippen LogP contribution >= 0.6 is 0 Å². The topological polar surface area (TPSA) is 76.0 Å². The van der Waals surface area contributed by atoms with Crippen LogP contribution in [0.25, 0.3) is 10.9 Å². The maximum Gasteiger partial charge on any atom is 0.293 e. The number of aryl methyl sites for hydroxylation is 1. The molecule has 0 radical (unpaired) electrons. The van der Waals surface area contributed by atoms with Gasteiger partial charge in [0, 0.05) is 11.5 Å². The second-order valence-corrected chi connectivity index (χ2v) is 3.29. The van der Waals surface area contributed by atoms with Crippen LogP contribution in [0.2, 0.25) is 0 Å². The largest absolute Gasteiger partial charge is 0.347 e. The molecule has 76 valence electrons. The van der Waals surface area contributed by atoms with Crippen LogP contribution in [0.1, 0.15) is 16.1 Å². The van der Waals surface area contributed by atoms with Crippen molar-refractivity contribution in [3.63, 3.8) is 0 Å². The first-order valence-corrected chi connectivity index (χ1v) is 4.35. The molecule has 0 unspecified atom stereocenters. The minimum absolute atomic E-state index is 0.0105. The Balaban J connectivity index is 2.85. The minimum atomic E-state index is -0.465. The van der Waals surface area contributed by atoms with Crippen molar-refractivity contribution in [2.24, 2.45) is 0 Å². The number of aromatic nitrogens is 1. The molecule has 0 fully saturated rings. The van der Waals surface area contributed by atoms with Gasteiger partial charge in [-0.25, -0.2) is 0 Å². The number of hydrogen-bond donors (Lipinski definition) is 1. The number of rotatable bonds is 2. The Morgan fingerprint density at radius 2 is 2.20 bits per heavy atom. The summed E-state index contributed by atoms with van der Waals surface area (Å²) in [6.07, 6.45) is 0.642. The quantitative estimate of drug-likeness (QED) is 0.462. The molecule has 0 aliphatic rings. The maximum absolute atomic E-state index is 10.7. The lowest BCUT2D eigenvalue weighted by Gasteiger charge is -1.96. The summed E-state index contributed by atoms with van der Waals surface area (Å²) in [7, 11) is 0. The number of carbonyl (C=O) groups is 1. The van der Waals surface area contributed by atoms with Crippen LogP contribution in [0.5, 0.6) is 0 Å². The molecular formula is C10H8N2O3. The lowest BCUT2D eigenvalue weighted by Crippen LogP contribution is -1.90.